The maximum atomic E-state index is 14.7. The van der Waals surface area contributed by atoms with Crippen molar-refractivity contribution < 1.29 is 26.7 Å². The molecule has 3 aromatic rings. The standard InChI is InChI=1S/C26H26F5N5O2/c1-14(15-4-2-5-16(22(15)27)23(28)29)33-24(38)17-12-36(26(7-8-26)25(30)31)21(37)10-19(17)34-18-6-3-9-35-13-32-11-20(18)35/h2,4-5,10-14,18,23,25,34H,3,6-9H2,1H3,(H,33,38)/t14?,18-/m0/s1. The molecule has 1 aromatic carbocycles. The SMILES string of the molecule is CC(NC(=O)c1cn(C2(C(F)F)CC2)c(=O)cc1N[C@H]1CCCn2cncc21)c1cccc(C(F)F)c1F. The van der Waals surface area contributed by atoms with Crippen LogP contribution in [0.25, 0.3) is 0 Å². The van der Waals surface area contributed by atoms with Gasteiger partial charge in [0.25, 0.3) is 24.3 Å². The second-order valence-corrected chi connectivity index (χ2v) is 9.81. The number of carbonyl (C=O) groups excluding carboxylic acids is 1. The van der Waals surface area contributed by atoms with Gasteiger partial charge in [0.2, 0.25) is 0 Å². The molecular formula is C26H26F5N5O2. The molecule has 1 unspecified atom stereocenters. The number of aryl methyl sites for hydroxylation is 1. The van der Waals surface area contributed by atoms with Crippen molar-refractivity contribution >= 4 is 11.6 Å². The minimum atomic E-state index is -3.04. The Hall–Kier alpha value is -3.70. The molecule has 7 nitrogen and oxygen atoms in total. The Balaban J connectivity index is 1.51. The summed E-state index contributed by atoms with van der Waals surface area (Å²) >= 11 is 0. The molecule has 1 amide bonds. The number of fused-ring (bicyclic) bond motifs is 1. The van der Waals surface area contributed by atoms with Crippen LogP contribution in [-0.2, 0) is 12.1 Å². The number of imidazole rings is 1. The number of aromatic nitrogens is 3. The normalized spacial score (nSPS) is 18.8. The summed E-state index contributed by atoms with van der Waals surface area (Å²) in [4.78, 5) is 30.6. The Morgan fingerprint density at radius 3 is 2.61 bits per heavy atom. The maximum Gasteiger partial charge on any atom is 0.266 e. The molecule has 0 radical (unpaired) electrons. The first-order chi connectivity index (χ1) is 18.1. The van der Waals surface area contributed by atoms with Gasteiger partial charge in [0.05, 0.1) is 47.1 Å². The zero-order chi connectivity index (χ0) is 27.2. The zero-order valence-electron chi connectivity index (χ0n) is 20.4. The molecule has 0 bridgehead atoms. The number of hydrogen-bond acceptors (Lipinski definition) is 4. The lowest BCUT2D eigenvalue weighted by Crippen LogP contribution is -2.37. The molecule has 2 N–H and O–H groups in total. The third-order valence-corrected chi connectivity index (χ3v) is 7.38. The van der Waals surface area contributed by atoms with Crippen molar-refractivity contribution in [3.63, 3.8) is 0 Å². The number of alkyl halides is 4. The fourth-order valence-electron chi connectivity index (χ4n) is 5.05. The first kappa shape index (κ1) is 25.9. The number of hydrogen-bond donors (Lipinski definition) is 2. The van der Waals surface area contributed by atoms with E-state index in [0.717, 1.165) is 41.6 Å². The second-order valence-electron chi connectivity index (χ2n) is 9.81. The average molecular weight is 536 g/mol. The van der Waals surface area contributed by atoms with Gasteiger partial charge in [-0.3, -0.25) is 9.59 Å². The van der Waals surface area contributed by atoms with E-state index >= 15 is 0 Å². The van der Waals surface area contributed by atoms with E-state index in [2.05, 4.69) is 15.6 Å². The van der Waals surface area contributed by atoms with Crippen LogP contribution >= 0.6 is 0 Å². The Morgan fingerprint density at radius 2 is 1.92 bits per heavy atom. The van der Waals surface area contributed by atoms with Gasteiger partial charge in [-0.2, -0.15) is 0 Å². The summed E-state index contributed by atoms with van der Waals surface area (Å²) in [6.45, 7) is 2.19. The Kier molecular flexibility index (Phi) is 6.74. The minimum Gasteiger partial charge on any atom is -0.376 e. The monoisotopic (exact) mass is 535 g/mol. The van der Waals surface area contributed by atoms with Crippen LogP contribution in [0.3, 0.4) is 0 Å². The molecule has 5 rings (SSSR count). The first-order valence-corrected chi connectivity index (χ1v) is 12.3. The van der Waals surface area contributed by atoms with Gasteiger partial charge in [-0.1, -0.05) is 18.2 Å². The van der Waals surface area contributed by atoms with Crippen LogP contribution in [0.2, 0.25) is 0 Å². The summed E-state index contributed by atoms with van der Waals surface area (Å²) in [5.74, 6) is -1.91. The summed E-state index contributed by atoms with van der Waals surface area (Å²) < 4.78 is 71.7. The quantitative estimate of drug-likeness (QED) is 0.383. The molecule has 2 atom stereocenters. The topological polar surface area (TPSA) is 81.0 Å². The predicted octanol–water partition coefficient (Wildman–Crippen LogP) is 5.31. The number of halogens is 5. The summed E-state index contributed by atoms with van der Waals surface area (Å²) in [6.07, 6.45) is 0.275. The predicted molar refractivity (Wildman–Crippen MR) is 129 cm³/mol. The van der Waals surface area contributed by atoms with E-state index in [1.54, 1.807) is 12.5 Å². The molecule has 38 heavy (non-hydrogen) atoms. The molecular weight excluding hydrogens is 509 g/mol. The lowest BCUT2D eigenvalue weighted by atomic mass is 10.0. The first-order valence-electron chi connectivity index (χ1n) is 12.3. The van der Waals surface area contributed by atoms with Gasteiger partial charge in [-0.15, -0.1) is 0 Å². The fourth-order valence-corrected chi connectivity index (χ4v) is 5.05. The van der Waals surface area contributed by atoms with E-state index in [9.17, 15) is 31.5 Å². The van der Waals surface area contributed by atoms with Gasteiger partial charge in [0.15, 0.2) is 0 Å². The van der Waals surface area contributed by atoms with E-state index in [4.69, 9.17) is 0 Å². The Labute approximate surface area is 214 Å². The van der Waals surface area contributed by atoms with Crippen molar-refractivity contribution in [3.8, 4) is 0 Å². The van der Waals surface area contributed by atoms with Crippen LogP contribution in [0, 0.1) is 5.82 Å². The van der Waals surface area contributed by atoms with E-state index in [-0.39, 0.29) is 35.7 Å². The molecule has 1 saturated carbocycles. The van der Waals surface area contributed by atoms with Gasteiger partial charge in [-0.05, 0) is 32.6 Å². The highest BCUT2D eigenvalue weighted by Crippen LogP contribution is 2.48. The molecule has 1 aliphatic heterocycles. The molecule has 1 fully saturated rings. The highest BCUT2D eigenvalue weighted by Gasteiger charge is 2.53. The maximum absolute atomic E-state index is 14.7. The van der Waals surface area contributed by atoms with Crippen LogP contribution < -0.4 is 16.2 Å². The molecule has 0 saturated heterocycles. The molecule has 2 aromatic heterocycles. The summed E-state index contributed by atoms with van der Waals surface area (Å²) in [6, 6.07) is 3.30. The lowest BCUT2D eigenvalue weighted by Gasteiger charge is -2.28. The number of benzene rings is 1. The van der Waals surface area contributed by atoms with E-state index in [1.807, 2.05) is 4.57 Å². The molecule has 0 spiro atoms. The molecule has 2 aliphatic rings. The van der Waals surface area contributed by atoms with Crippen molar-refractivity contribution in [1.29, 1.82) is 0 Å². The van der Waals surface area contributed by atoms with Crippen LogP contribution in [0.4, 0.5) is 27.6 Å². The number of carbonyl (C=O) groups is 1. The van der Waals surface area contributed by atoms with E-state index in [0.29, 0.717) is 6.42 Å². The third kappa shape index (κ3) is 4.56. The van der Waals surface area contributed by atoms with Crippen LogP contribution in [0.15, 0.2) is 47.8 Å². The summed E-state index contributed by atoms with van der Waals surface area (Å²) in [7, 11) is 0. The van der Waals surface area contributed by atoms with E-state index in [1.165, 1.54) is 19.1 Å². The Bertz CT molecular complexity index is 1420. The van der Waals surface area contributed by atoms with Gasteiger partial charge >= 0.3 is 0 Å². The van der Waals surface area contributed by atoms with Crippen molar-refractivity contribution in [3.05, 3.63) is 81.5 Å². The fraction of sp³-hybridized carbons (Fsp3) is 0.423. The van der Waals surface area contributed by atoms with Gasteiger partial charge in [0.1, 0.15) is 11.4 Å². The van der Waals surface area contributed by atoms with Crippen LogP contribution in [0.1, 0.15) is 78.3 Å². The molecule has 202 valence electrons. The van der Waals surface area contributed by atoms with Crippen molar-refractivity contribution in [2.24, 2.45) is 0 Å². The molecule has 12 heteroatoms. The highest BCUT2D eigenvalue weighted by molar-refractivity contribution is 5.99. The minimum absolute atomic E-state index is 0.0856. The largest absolute Gasteiger partial charge is 0.376 e. The highest BCUT2D eigenvalue weighted by atomic mass is 19.3. The number of amides is 1. The summed E-state index contributed by atoms with van der Waals surface area (Å²) in [5, 5.41) is 5.77. The lowest BCUT2D eigenvalue weighted by molar-refractivity contribution is 0.0648. The van der Waals surface area contributed by atoms with E-state index < -0.39 is 47.3 Å². The number of pyridine rings is 1. The average Bonchev–Trinajstić information content (AvgIpc) is 3.53. The van der Waals surface area contributed by atoms with Crippen molar-refractivity contribution in [2.75, 3.05) is 5.32 Å². The second kappa shape index (κ2) is 9.88. The third-order valence-electron chi connectivity index (χ3n) is 7.38. The summed E-state index contributed by atoms with van der Waals surface area (Å²) in [5.41, 5.74) is -2.43. The smallest absolute Gasteiger partial charge is 0.266 e. The van der Waals surface area contributed by atoms with Crippen molar-refractivity contribution in [2.45, 2.75) is 69.6 Å². The zero-order valence-corrected chi connectivity index (χ0v) is 20.4. The Morgan fingerprint density at radius 1 is 1.18 bits per heavy atom. The number of nitrogens with zero attached hydrogens (tertiary/aromatic N) is 3. The van der Waals surface area contributed by atoms with Gasteiger partial charge in [0, 0.05) is 24.4 Å². The van der Waals surface area contributed by atoms with Crippen LogP contribution in [0.5, 0.6) is 0 Å². The molecule has 3 heterocycles. The van der Waals surface area contributed by atoms with Gasteiger partial charge < -0.3 is 19.8 Å². The van der Waals surface area contributed by atoms with Crippen LogP contribution in [-0.4, -0.2) is 26.5 Å². The molecule has 1 aliphatic carbocycles. The van der Waals surface area contributed by atoms with Crippen molar-refractivity contribution in [1.82, 2.24) is 19.4 Å². The van der Waals surface area contributed by atoms with Gasteiger partial charge in [-0.25, -0.2) is 26.9 Å². The number of rotatable bonds is 8. The number of anilines is 1. The number of nitrogens with one attached hydrogen (secondary N) is 2.